The van der Waals surface area contributed by atoms with Crippen molar-refractivity contribution in [2.45, 2.75) is 25.2 Å². The van der Waals surface area contributed by atoms with Gasteiger partial charge in [-0.2, -0.15) is 0 Å². The Hall–Kier alpha value is -2.36. The average molecular weight is 282 g/mol. The first kappa shape index (κ1) is 12.4. The minimum atomic E-state index is -0.352. The SMILES string of the molecule is C[C@]12CCC3=C(COC3=O)C1=CC(=O)c1c(O)cccc12. The standard InChI is InChI=1S/C17H14O4/c1-17-6-5-9-10(8-21-16(9)20)12(17)7-14(19)15-11(17)3-2-4-13(15)18/h2-4,7,18H,5-6,8H2,1H3/t17-/m1/s1. The second-order valence-corrected chi connectivity index (χ2v) is 5.99. The molecule has 0 spiro atoms. The van der Waals surface area contributed by atoms with Crippen LogP contribution in [0, 0.1) is 0 Å². The zero-order valence-corrected chi connectivity index (χ0v) is 11.6. The Morgan fingerprint density at radius 2 is 2.05 bits per heavy atom. The molecule has 1 aliphatic heterocycles. The summed E-state index contributed by atoms with van der Waals surface area (Å²) in [7, 11) is 0. The molecule has 0 aromatic heterocycles. The van der Waals surface area contributed by atoms with Gasteiger partial charge in [0.2, 0.25) is 0 Å². The number of esters is 1. The summed E-state index contributed by atoms with van der Waals surface area (Å²) in [5.74, 6) is -0.446. The van der Waals surface area contributed by atoms with Crippen LogP contribution in [0.2, 0.25) is 0 Å². The number of cyclic esters (lactones) is 1. The number of benzene rings is 1. The molecule has 4 heteroatoms. The summed E-state index contributed by atoms with van der Waals surface area (Å²) in [6.07, 6.45) is 2.94. The smallest absolute Gasteiger partial charge is 0.334 e. The van der Waals surface area contributed by atoms with Crippen LogP contribution in [0.4, 0.5) is 0 Å². The van der Waals surface area contributed by atoms with Crippen LogP contribution in [0.1, 0.15) is 35.7 Å². The minimum Gasteiger partial charge on any atom is -0.507 e. The number of ether oxygens (including phenoxy) is 1. The van der Waals surface area contributed by atoms with E-state index >= 15 is 0 Å². The third-order valence-corrected chi connectivity index (χ3v) is 4.91. The number of phenolic OH excluding ortho intramolecular Hbond substituents is 1. The number of ketones is 1. The Morgan fingerprint density at radius 3 is 2.86 bits per heavy atom. The first-order valence-corrected chi connectivity index (χ1v) is 7.01. The highest BCUT2D eigenvalue weighted by molar-refractivity contribution is 6.11. The van der Waals surface area contributed by atoms with Crippen molar-refractivity contribution in [3.63, 3.8) is 0 Å². The molecule has 1 N–H and O–H groups in total. The molecule has 1 aromatic rings. The molecule has 0 bridgehead atoms. The summed E-state index contributed by atoms with van der Waals surface area (Å²) in [6, 6.07) is 5.19. The van der Waals surface area contributed by atoms with Crippen LogP contribution >= 0.6 is 0 Å². The number of aromatic hydroxyl groups is 1. The van der Waals surface area contributed by atoms with E-state index in [1.807, 2.05) is 6.07 Å². The highest BCUT2D eigenvalue weighted by Crippen LogP contribution is 2.51. The molecule has 3 aliphatic rings. The molecule has 1 atom stereocenters. The van der Waals surface area contributed by atoms with Crippen molar-refractivity contribution in [1.82, 2.24) is 0 Å². The van der Waals surface area contributed by atoms with Crippen molar-refractivity contribution in [2.24, 2.45) is 0 Å². The molecular weight excluding hydrogens is 268 g/mol. The Morgan fingerprint density at radius 1 is 1.24 bits per heavy atom. The highest BCUT2D eigenvalue weighted by Gasteiger charge is 2.46. The van der Waals surface area contributed by atoms with E-state index in [9.17, 15) is 14.7 Å². The second kappa shape index (κ2) is 3.85. The van der Waals surface area contributed by atoms with E-state index < -0.39 is 0 Å². The van der Waals surface area contributed by atoms with Crippen molar-refractivity contribution in [3.05, 3.63) is 52.1 Å². The molecule has 0 fully saturated rings. The molecule has 106 valence electrons. The summed E-state index contributed by atoms with van der Waals surface area (Å²) in [6.45, 7) is 2.31. The first-order chi connectivity index (χ1) is 10.0. The maximum atomic E-state index is 12.4. The van der Waals surface area contributed by atoms with Gasteiger partial charge in [-0.3, -0.25) is 4.79 Å². The van der Waals surface area contributed by atoms with Gasteiger partial charge in [-0.25, -0.2) is 4.79 Å². The zero-order valence-electron chi connectivity index (χ0n) is 11.6. The maximum Gasteiger partial charge on any atom is 0.334 e. The van der Waals surface area contributed by atoms with E-state index in [0.717, 1.165) is 23.1 Å². The molecule has 1 heterocycles. The number of carbonyl (C=O) groups excluding carboxylic acids is 2. The van der Waals surface area contributed by atoms with Crippen molar-refractivity contribution in [2.75, 3.05) is 6.61 Å². The molecular formula is C17H14O4. The summed E-state index contributed by atoms with van der Waals surface area (Å²) in [5.41, 5.74) is 3.31. The number of rotatable bonds is 0. The van der Waals surface area contributed by atoms with E-state index in [0.29, 0.717) is 17.6 Å². The molecule has 21 heavy (non-hydrogen) atoms. The van der Waals surface area contributed by atoms with Gasteiger partial charge < -0.3 is 9.84 Å². The van der Waals surface area contributed by atoms with Crippen LogP contribution in [0.3, 0.4) is 0 Å². The summed E-state index contributed by atoms with van der Waals surface area (Å²) < 4.78 is 5.13. The van der Waals surface area contributed by atoms with Crippen molar-refractivity contribution in [1.29, 1.82) is 0 Å². The Balaban J connectivity index is 1.99. The normalized spacial score (nSPS) is 26.8. The van der Waals surface area contributed by atoms with Crippen molar-refractivity contribution >= 4 is 11.8 Å². The zero-order chi connectivity index (χ0) is 14.8. The number of hydrogen-bond acceptors (Lipinski definition) is 4. The van der Waals surface area contributed by atoms with Crippen LogP contribution in [0.15, 0.2) is 41.0 Å². The van der Waals surface area contributed by atoms with Crippen molar-refractivity contribution < 1.29 is 19.4 Å². The van der Waals surface area contributed by atoms with Crippen LogP contribution in [0.5, 0.6) is 5.75 Å². The van der Waals surface area contributed by atoms with Gasteiger partial charge in [0.15, 0.2) is 5.78 Å². The van der Waals surface area contributed by atoms with Gasteiger partial charge in [-0.15, -0.1) is 0 Å². The molecule has 2 aliphatic carbocycles. The topological polar surface area (TPSA) is 63.6 Å². The van der Waals surface area contributed by atoms with Gasteiger partial charge in [0, 0.05) is 16.6 Å². The Kier molecular flexibility index (Phi) is 2.27. The Labute approximate surface area is 121 Å². The minimum absolute atomic E-state index is 0.0209. The molecule has 0 unspecified atom stereocenters. The van der Waals surface area contributed by atoms with Crippen LogP contribution in [0.25, 0.3) is 0 Å². The van der Waals surface area contributed by atoms with E-state index in [2.05, 4.69) is 6.92 Å². The van der Waals surface area contributed by atoms with Gasteiger partial charge in [0.25, 0.3) is 0 Å². The summed E-state index contributed by atoms with van der Waals surface area (Å²) in [4.78, 5) is 24.1. The quantitative estimate of drug-likeness (QED) is 0.742. The van der Waals surface area contributed by atoms with Gasteiger partial charge in [0.1, 0.15) is 12.4 Å². The monoisotopic (exact) mass is 282 g/mol. The van der Waals surface area contributed by atoms with E-state index in [1.54, 1.807) is 12.1 Å². The third kappa shape index (κ3) is 1.45. The predicted octanol–water partition coefficient (Wildman–Crippen LogP) is 2.42. The molecule has 0 saturated heterocycles. The maximum absolute atomic E-state index is 12.4. The van der Waals surface area contributed by atoms with Gasteiger partial charge in [0.05, 0.1) is 5.56 Å². The third-order valence-electron chi connectivity index (χ3n) is 4.91. The molecule has 0 saturated carbocycles. The Bertz CT molecular complexity index is 769. The lowest BCUT2D eigenvalue weighted by atomic mass is 9.62. The number of phenols is 1. The summed E-state index contributed by atoms with van der Waals surface area (Å²) >= 11 is 0. The molecule has 0 radical (unpaired) electrons. The number of fused-ring (bicyclic) bond motifs is 4. The van der Waals surface area contributed by atoms with Gasteiger partial charge >= 0.3 is 5.97 Å². The molecule has 1 aromatic carbocycles. The molecule has 4 rings (SSSR count). The fraction of sp³-hybridized carbons (Fsp3) is 0.294. The fourth-order valence-electron chi connectivity index (χ4n) is 3.76. The summed E-state index contributed by atoms with van der Waals surface area (Å²) in [5, 5.41) is 10.0. The molecule has 0 amide bonds. The van der Waals surface area contributed by atoms with E-state index in [1.165, 1.54) is 6.07 Å². The predicted molar refractivity (Wildman–Crippen MR) is 75.1 cm³/mol. The van der Waals surface area contributed by atoms with E-state index in [-0.39, 0.29) is 29.5 Å². The van der Waals surface area contributed by atoms with E-state index in [4.69, 9.17) is 4.74 Å². The fourth-order valence-corrected chi connectivity index (χ4v) is 3.76. The van der Waals surface area contributed by atoms with Crippen LogP contribution in [-0.2, 0) is 14.9 Å². The lowest BCUT2D eigenvalue weighted by molar-refractivity contribution is -0.136. The number of hydrogen-bond donors (Lipinski definition) is 1. The van der Waals surface area contributed by atoms with Gasteiger partial charge in [-0.1, -0.05) is 19.1 Å². The lowest BCUT2D eigenvalue weighted by Crippen LogP contribution is -2.35. The number of allylic oxidation sites excluding steroid dienone is 1. The largest absolute Gasteiger partial charge is 0.507 e. The highest BCUT2D eigenvalue weighted by atomic mass is 16.5. The van der Waals surface area contributed by atoms with Crippen LogP contribution in [-0.4, -0.2) is 23.5 Å². The van der Waals surface area contributed by atoms with Gasteiger partial charge in [-0.05, 0) is 36.1 Å². The molecule has 4 nitrogen and oxygen atoms in total. The lowest BCUT2D eigenvalue weighted by Gasteiger charge is -2.40. The average Bonchev–Trinajstić information content (AvgIpc) is 2.82. The number of carbonyl (C=O) groups is 2. The second-order valence-electron chi connectivity index (χ2n) is 5.99. The van der Waals surface area contributed by atoms with Crippen molar-refractivity contribution in [3.8, 4) is 5.75 Å². The first-order valence-electron chi connectivity index (χ1n) is 7.01. The van der Waals surface area contributed by atoms with Crippen LogP contribution < -0.4 is 0 Å².